The molecule has 9 heteroatoms. The molecule has 1 unspecified atom stereocenters. The van der Waals surface area contributed by atoms with Crippen LogP contribution < -0.4 is 5.32 Å². The molecule has 0 saturated carbocycles. The van der Waals surface area contributed by atoms with Crippen molar-refractivity contribution in [3.05, 3.63) is 107 Å². The minimum atomic E-state index is -4.59. The molecule has 1 aliphatic rings. The maximum Gasteiger partial charge on any atom is 0.449 e. The Morgan fingerprint density at radius 1 is 1.00 bits per heavy atom. The molecule has 1 aromatic heterocycles. The lowest BCUT2D eigenvalue weighted by Gasteiger charge is -2.22. The Labute approximate surface area is 204 Å². The van der Waals surface area contributed by atoms with Crippen molar-refractivity contribution < 1.29 is 22.8 Å². The third kappa shape index (κ3) is 4.35. The third-order valence-corrected chi connectivity index (χ3v) is 6.15. The average Bonchev–Trinajstić information content (AvgIpc) is 3.41. The minimum Gasteiger partial charge on any atom is -0.345 e. The van der Waals surface area contributed by atoms with Gasteiger partial charge in [0.2, 0.25) is 11.7 Å². The largest absolute Gasteiger partial charge is 0.449 e. The van der Waals surface area contributed by atoms with Crippen LogP contribution in [0.25, 0.3) is 16.7 Å². The molecule has 5 rings (SSSR count). The number of alkyl halides is 3. The van der Waals surface area contributed by atoms with Crippen molar-refractivity contribution in [2.24, 2.45) is 0 Å². The van der Waals surface area contributed by atoms with Gasteiger partial charge in [0, 0.05) is 29.8 Å². The molecule has 6 nitrogen and oxygen atoms in total. The maximum atomic E-state index is 13.1. The zero-order chi connectivity index (χ0) is 25.4. The molecular formula is C27H21F3N4O2. The van der Waals surface area contributed by atoms with E-state index in [0.29, 0.717) is 16.8 Å². The number of benzene rings is 3. The van der Waals surface area contributed by atoms with E-state index in [2.05, 4.69) is 21.9 Å². The van der Waals surface area contributed by atoms with Crippen LogP contribution in [-0.2, 0) is 11.0 Å². The molecule has 1 aliphatic heterocycles. The van der Waals surface area contributed by atoms with Gasteiger partial charge in [0.25, 0.3) is 5.91 Å². The highest BCUT2D eigenvalue weighted by Gasteiger charge is 2.35. The van der Waals surface area contributed by atoms with Gasteiger partial charge in [-0.05, 0) is 29.3 Å². The number of hydrogen-bond donors (Lipinski definition) is 2. The van der Waals surface area contributed by atoms with Crippen LogP contribution in [0.4, 0.5) is 13.2 Å². The topological polar surface area (TPSA) is 78.1 Å². The summed E-state index contributed by atoms with van der Waals surface area (Å²) in [5, 5.41) is 2.96. The maximum absolute atomic E-state index is 13.1. The predicted molar refractivity (Wildman–Crippen MR) is 129 cm³/mol. The number of hydrogen-bond acceptors (Lipinski definition) is 3. The number of nitrogens with one attached hydrogen (secondary N) is 2. The first-order chi connectivity index (χ1) is 17.2. The molecule has 0 radical (unpaired) electrons. The van der Waals surface area contributed by atoms with Crippen LogP contribution in [0, 0.1) is 0 Å². The van der Waals surface area contributed by atoms with Crippen LogP contribution in [0.15, 0.2) is 79.4 Å². The molecule has 182 valence electrons. The molecule has 1 atom stereocenters. The lowest BCUT2D eigenvalue weighted by atomic mass is 9.98. The first kappa shape index (κ1) is 23.3. The smallest absolute Gasteiger partial charge is 0.345 e. The van der Waals surface area contributed by atoms with E-state index in [0.717, 1.165) is 11.1 Å². The van der Waals surface area contributed by atoms with Crippen molar-refractivity contribution >= 4 is 28.5 Å². The number of amides is 2. The predicted octanol–water partition coefficient (Wildman–Crippen LogP) is 5.30. The van der Waals surface area contributed by atoms with Crippen LogP contribution in [0.5, 0.6) is 0 Å². The first-order valence-electron chi connectivity index (χ1n) is 11.2. The Bertz CT molecular complexity index is 1440. The SMILES string of the molecule is C=C1c2ccccc2C(=O)N1CCC(=O)NC(c1ccccc1)c1ccc2nc(C(F)(F)F)[nH]c2c1. The summed E-state index contributed by atoms with van der Waals surface area (Å²) in [6.07, 6.45) is -4.57. The van der Waals surface area contributed by atoms with Crippen LogP contribution >= 0.6 is 0 Å². The molecule has 0 fully saturated rings. The number of fused-ring (bicyclic) bond motifs is 2. The number of H-pyrrole nitrogens is 1. The molecule has 36 heavy (non-hydrogen) atoms. The van der Waals surface area contributed by atoms with Gasteiger partial charge in [0.15, 0.2) is 0 Å². The van der Waals surface area contributed by atoms with Gasteiger partial charge < -0.3 is 15.2 Å². The number of aromatic amines is 1. The van der Waals surface area contributed by atoms with Gasteiger partial charge >= 0.3 is 6.18 Å². The highest BCUT2D eigenvalue weighted by molar-refractivity contribution is 6.08. The molecule has 2 amide bonds. The van der Waals surface area contributed by atoms with Crippen molar-refractivity contribution in [1.82, 2.24) is 20.2 Å². The molecule has 4 aromatic rings. The molecule has 2 heterocycles. The Balaban J connectivity index is 1.36. The van der Waals surface area contributed by atoms with Crippen LogP contribution in [-0.4, -0.2) is 33.2 Å². The van der Waals surface area contributed by atoms with Crippen molar-refractivity contribution in [3.63, 3.8) is 0 Å². The van der Waals surface area contributed by atoms with Crippen molar-refractivity contribution in [2.45, 2.75) is 18.6 Å². The summed E-state index contributed by atoms with van der Waals surface area (Å²) in [5.41, 5.74) is 3.59. The van der Waals surface area contributed by atoms with Crippen LogP contribution in [0.1, 0.15) is 45.3 Å². The van der Waals surface area contributed by atoms with Gasteiger partial charge in [-0.2, -0.15) is 13.2 Å². The summed E-state index contributed by atoms with van der Waals surface area (Å²) in [4.78, 5) is 33.1. The Morgan fingerprint density at radius 2 is 1.69 bits per heavy atom. The molecule has 0 bridgehead atoms. The fourth-order valence-electron chi connectivity index (χ4n) is 4.36. The zero-order valence-corrected chi connectivity index (χ0v) is 19.0. The zero-order valence-electron chi connectivity index (χ0n) is 19.0. The van der Waals surface area contributed by atoms with E-state index in [4.69, 9.17) is 0 Å². The number of imidazole rings is 1. The van der Waals surface area contributed by atoms with Gasteiger partial charge in [-0.25, -0.2) is 4.98 Å². The van der Waals surface area contributed by atoms with E-state index in [1.807, 2.05) is 42.5 Å². The minimum absolute atomic E-state index is 0.0204. The van der Waals surface area contributed by atoms with E-state index < -0.39 is 18.0 Å². The molecule has 0 aliphatic carbocycles. The molecule has 2 N–H and O–H groups in total. The van der Waals surface area contributed by atoms with Gasteiger partial charge in [-0.15, -0.1) is 0 Å². The van der Waals surface area contributed by atoms with Gasteiger partial charge in [-0.3, -0.25) is 9.59 Å². The van der Waals surface area contributed by atoms with Crippen LogP contribution in [0.2, 0.25) is 0 Å². The number of halogens is 3. The lowest BCUT2D eigenvalue weighted by molar-refractivity contribution is -0.144. The van der Waals surface area contributed by atoms with Gasteiger partial charge in [0.1, 0.15) is 0 Å². The second-order valence-corrected chi connectivity index (χ2v) is 8.47. The highest BCUT2D eigenvalue weighted by Crippen LogP contribution is 2.32. The van der Waals surface area contributed by atoms with E-state index >= 15 is 0 Å². The lowest BCUT2D eigenvalue weighted by Crippen LogP contribution is -2.33. The Morgan fingerprint density at radius 3 is 2.39 bits per heavy atom. The van der Waals surface area contributed by atoms with Gasteiger partial charge in [0.05, 0.1) is 17.1 Å². The number of carbonyl (C=O) groups is 2. The standard InChI is InChI=1S/C27H21F3N4O2/c1-16-19-9-5-6-10-20(19)25(36)34(16)14-13-23(35)33-24(17-7-3-2-4-8-17)18-11-12-21-22(15-18)32-26(31-21)27(28,29)30/h2-12,15,24H,1,13-14H2,(H,31,32)(H,33,35). The summed E-state index contributed by atoms with van der Waals surface area (Å²) < 4.78 is 39.3. The Hall–Kier alpha value is -4.40. The van der Waals surface area contributed by atoms with Gasteiger partial charge in [-0.1, -0.05) is 61.2 Å². The molecule has 0 spiro atoms. The summed E-state index contributed by atoms with van der Waals surface area (Å²) >= 11 is 0. The monoisotopic (exact) mass is 490 g/mol. The number of aromatic nitrogens is 2. The third-order valence-electron chi connectivity index (χ3n) is 6.15. The second-order valence-electron chi connectivity index (χ2n) is 8.47. The molecule has 3 aromatic carbocycles. The summed E-state index contributed by atoms with van der Waals surface area (Å²) in [6.45, 7) is 4.14. The van der Waals surface area contributed by atoms with E-state index in [1.54, 1.807) is 24.3 Å². The molecular weight excluding hydrogens is 469 g/mol. The second kappa shape index (κ2) is 8.99. The van der Waals surface area contributed by atoms with Crippen molar-refractivity contribution in [1.29, 1.82) is 0 Å². The fraction of sp³-hybridized carbons (Fsp3) is 0.148. The van der Waals surface area contributed by atoms with E-state index in [9.17, 15) is 22.8 Å². The van der Waals surface area contributed by atoms with Crippen LogP contribution in [0.3, 0.4) is 0 Å². The normalized spacial score (nSPS) is 14.2. The summed E-state index contributed by atoms with van der Waals surface area (Å²) in [6, 6.07) is 20.3. The molecule has 0 saturated heterocycles. The number of carbonyl (C=O) groups excluding carboxylic acids is 2. The fourth-order valence-corrected chi connectivity index (χ4v) is 4.36. The highest BCUT2D eigenvalue weighted by atomic mass is 19.4. The number of nitrogens with zero attached hydrogens (tertiary/aromatic N) is 2. The Kier molecular flexibility index (Phi) is 5.83. The summed E-state index contributed by atoms with van der Waals surface area (Å²) in [5.74, 6) is -1.60. The number of rotatable bonds is 6. The van der Waals surface area contributed by atoms with E-state index in [1.165, 1.54) is 11.0 Å². The van der Waals surface area contributed by atoms with Crippen molar-refractivity contribution in [2.75, 3.05) is 6.54 Å². The summed E-state index contributed by atoms with van der Waals surface area (Å²) in [7, 11) is 0. The van der Waals surface area contributed by atoms with E-state index in [-0.39, 0.29) is 35.8 Å². The quantitative estimate of drug-likeness (QED) is 0.385. The van der Waals surface area contributed by atoms with Crippen molar-refractivity contribution in [3.8, 4) is 0 Å². The first-order valence-corrected chi connectivity index (χ1v) is 11.2. The average molecular weight is 490 g/mol.